The number of carbonyl (C=O) groups excluding carboxylic acids is 3. The monoisotopic (exact) mass is 426 g/mol. The van der Waals surface area contributed by atoms with Gasteiger partial charge in [0.15, 0.2) is 0 Å². The molecule has 1 saturated carbocycles. The Labute approximate surface area is 181 Å². The summed E-state index contributed by atoms with van der Waals surface area (Å²) in [4.78, 5) is 38.0. The Bertz CT molecular complexity index is 901. The van der Waals surface area contributed by atoms with Gasteiger partial charge in [0.25, 0.3) is 5.91 Å². The summed E-state index contributed by atoms with van der Waals surface area (Å²) in [5.41, 5.74) is 8.78. The average molecular weight is 427 g/mol. The number of rotatable bonds is 5. The minimum atomic E-state index is -0.568. The summed E-state index contributed by atoms with van der Waals surface area (Å²) in [5.74, 6) is -0.767. The molecule has 0 bridgehead atoms. The zero-order valence-corrected chi connectivity index (χ0v) is 17.7. The minimum absolute atomic E-state index is 0.127. The van der Waals surface area contributed by atoms with Gasteiger partial charge in [0.2, 0.25) is 11.8 Å². The Morgan fingerprint density at radius 1 is 1.23 bits per heavy atom. The fourth-order valence-corrected chi connectivity index (χ4v) is 5.56. The van der Waals surface area contributed by atoms with Crippen LogP contribution in [0.3, 0.4) is 0 Å². The molecular formula is C23H30N4O4. The van der Waals surface area contributed by atoms with E-state index in [0.29, 0.717) is 36.5 Å². The van der Waals surface area contributed by atoms with Crippen molar-refractivity contribution in [3.8, 4) is 0 Å². The average Bonchev–Trinajstić information content (AvgIpc) is 3.06. The molecule has 166 valence electrons. The van der Waals surface area contributed by atoms with Crippen LogP contribution in [-0.2, 0) is 27.4 Å². The second-order valence-electron chi connectivity index (χ2n) is 9.58. The van der Waals surface area contributed by atoms with Crippen molar-refractivity contribution >= 4 is 17.7 Å². The van der Waals surface area contributed by atoms with Crippen molar-refractivity contribution in [3.63, 3.8) is 0 Å². The molecule has 3 heterocycles. The van der Waals surface area contributed by atoms with Gasteiger partial charge in [0, 0.05) is 37.7 Å². The summed E-state index contributed by atoms with van der Waals surface area (Å²) in [5, 5.41) is 5.98. The molecule has 1 aromatic rings. The van der Waals surface area contributed by atoms with Crippen LogP contribution in [0.4, 0.5) is 0 Å². The quantitative estimate of drug-likeness (QED) is 0.601. The van der Waals surface area contributed by atoms with E-state index in [-0.39, 0.29) is 30.2 Å². The lowest BCUT2D eigenvalue weighted by atomic mass is 9.62. The van der Waals surface area contributed by atoms with E-state index in [1.54, 1.807) is 4.90 Å². The van der Waals surface area contributed by atoms with Crippen LogP contribution in [0.25, 0.3) is 0 Å². The standard InChI is InChI=1S/C23H30N4O4/c24-10-17-5-6-23(13-31-17)8-16(9-23)25-11-14-1-2-18-15(7-14)12-27(22(18)30)19-3-4-20(28)26-21(19)29/h1-2,7,16-17,19,25H,3-6,8-13,24H2,(H,26,28,29). The normalized spacial score (nSPS) is 32.7. The molecule has 5 rings (SSSR count). The third kappa shape index (κ3) is 3.88. The second kappa shape index (κ2) is 8.00. The number of imide groups is 1. The first-order chi connectivity index (χ1) is 15.0. The third-order valence-corrected chi connectivity index (χ3v) is 7.43. The van der Waals surface area contributed by atoms with Gasteiger partial charge in [0.05, 0.1) is 12.7 Å². The number of nitrogens with zero attached hydrogens (tertiary/aromatic N) is 1. The summed E-state index contributed by atoms with van der Waals surface area (Å²) in [6.07, 6.45) is 5.42. The fourth-order valence-electron chi connectivity index (χ4n) is 5.56. The van der Waals surface area contributed by atoms with E-state index in [0.717, 1.165) is 43.5 Å². The van der Waals surface area contributed by atoms with Crippen molar-refractivity contribution in [1.29, 1.82) is 0 Å². The highest BCUT2D eigenvalue weighted by atomic mass is 16.5. The summed E-state index contributed by atoms with van der Waals surface area (Å²) in [6.45, 7) is 2.61. The van der Waals surface area contributed by atoms with E-state index < -0.39 is 6.04 Å². The van der Waals surface area contributed by atoms with Gasteiger partial charge in [-0.15, -0.1) is 0 Å². The summed E-state index contributed by atoms with van der Waals surface area (Å²) in [7, 11) is 0. The first-order valence-corrected chi connectivity index (χ1v) is 11.3. The molecule has 0 radical (unpaired) electrons. The largest absolute Gasteiger partial charge is 0.376 e. The number of nitrogens with two attached hydrogens (primary N) is 1. The van der Waals surface area contributed by atoms with Crippen LogP contribution in [0.1, 0.15) is 60.0 Å². The van der Waals surface area contributed by atoms with Crippen molar-refractivity contribution in [1.82, 2.24) is 15.5 Å². The summed E-state index contributed by atoms with van der Waals surface area (Å²) < 4.78 is 5.89. The first-order valence-electron chi connectivity index (χ1n) is 11.3. The van der Waals surface area contributed by atoms with Gasteiger partial charge in [0.1, 0.15) is 6.04 Å². The Hall–Kier alpha value is -2.29. The smallest absolute Gasteiger partial charge is 0.255 e. The van der Waals surface area contributed by atoms with E-state index in [2.05, 4.69) is 16.7 Å². The number of ether oxygens (including phenoxy) is 1. The van der Waals surface area contributed by atoms with E-state index >= 15 is 0 Å². The minimum Gasteiger partial charge on any atom is -0.376 e. The summed E-state index contributed by atoms with van der Waals surface area (Å²) >= 11 is 0. The van der Waals surface area contributed by atoms with Gasteiger partial charge >= 0.3 is 0 Å². The SMILES string of the molecule is NCC1CCC2(CO1)CC(NCc1ccc3c(c1)CN(C1CCC(=O)NC1=O)C3=O)C2. The van der Waals surface area contributed by atoms with Crippen LogP contribution >= 0.6 is 0 Å². The topological polar surface area (TPSA) is 114 Å². The second-order valence-corrected chi connectivity index (χ2v) is 9.58. The number of amides is 3. The van der Waals surface area contributed by atoms with Crippen molar-refractivity contribution in [2.24, 2.45) is 11.1 Å². The maximum absolute atomic E-state index is 12.8. The van der Waals surface area contributed by atoms with Gasteiger partial charge in [-0.1, -0.05) is 12.1 Å². The number of nitrogens with one attached hydrogen (secondary N) is 2. The highest BCUT2D eigenvalue weighted by Gasteiger charge is 2.46. The van der Waals surface area contributed by atoms with Crippen molar-refractivity contribution < 1.29 is 19.1 Å². The molecule has 4 N–H and O–H groups in total. The van der Waals surface area contributed by atoms with Crippen LogP contribution in [0.2, 0.25) is 0 Å². The maximum atomic E-state index is 12.8. The lowest BCUT2D eigenvalue weighted by Crippen LogP contribution is -2.54. The predicted octanol–water partition coefficient (Wildman–Crippen LogP) is 0.824. The predicted molar refractivity (Wildman–Crippen MR) is 113 cm³/mol. The lowest BCUT2D eigenvalue weighted by molar-refractivity contribution is -0.136. The van der Waals surface area contributed by atoms with Gasteiger partial charge < -0.3 is 20.7 Å². The Balaban J connectivity index is 1.15. The number of carbonyl (C=O) groups is 3. The van der Waals surface area contributed by atoms with Gasteiger partial charge in [-0.3, -0.25) is 19.7 Å². The molecule has 1 aromatic carbocycles. The van der Waals surface area contributed by atoms with Gasteiger partial charge in [-0.05, 0) is 54.7 Å². The van der Waals surface area contributed by atoms with Crippen LogP contribution < -0.4 is 16.4 Å². The highest BCUT2D eigenvalue weighted by Crippen LogP contribution is 2.48. The zero-order chi connectivity index (χ0) is 21.6. The lowest BCUT2D eigenvalue weighted by Gasteiger charge is -2.51. The number of piperidine rings is 1. The molecule has 4 aliphatic rings. The maximum Gasteiger partial charge on any atom is 0.255 e. The Morgan fingerprint density at radius 3 is 2.77 bits per heavy atom. The van der Waals surface area contributed by atoms with E-state index in [9.17, 15) is 14.4 Å². The van der Waals surface area contributed by atoms with Gasteiger partial charge in [-0.2, -0.15) is 0 Å². The van der Waals surface area contributed by atoms with Crippen LogP contribution in [0.15, 0.2) is 18.2 Å². The van der Waals surface area contributed by atoms with Crippen LogP contribution in [0.5, 0.6) is 0 Å². The number of benzene rings is 1. The molecule has 2 saturated heterocycles. The molecule has 3 amide bonds. The van der Waals surface area contributed by atoms with Crippen molar-refractivity contribution in [2.75, 3.05) is 13.2 Å². The van der Waals surface area contributed by atoms with Crippen molar-refractivity contribution in [2.45, 2.75) is 69.8 Å². The third-order valence-electron chi connectivity index (χ3n) is 7.43. The molecule has 3 aliphatic heterocycles. The molecule has 2 unspecified atom stereocenters. The molecule has 2 atom stereocenters. The fraction of sp³-hybridized carbons (Fsp3) is 0.609. The number of fused-ring (bicyclic) bond motifs is 1. The van der Waals surface area contributed by atoms with E-state index in [1.165, 1.54) is 6.42 Å². The molecule has 8 heteroatoms. The molecule has 0 aromatic heterocycles. The molecule has 3 fully saturated rings. The summed E-state index contributed by atoms with van der Waals surface area (Å²) in [6, 6.07) is 5.84. The zero-order valence-electron chi connectivity index (χ0n) is 17.7. The first kappa shape index (κ1) is 20.6. The number of hydrogen-bond donors (Lipinski definition) is 3. The van der Waals surface area contributed by atoms with Crippen LogP contribution in [0, 0.1) is 5.41 Å². The molecule has 8 nitrogen and oxygen atoms in total. The van der Waals surface area contributed by atoms with Crippen molar-refractivity contribution in [3.05, 3.63) is 34.9 Å². The molecule has 1 spiro atoms. The molecule has 1 aliphatic carbocycles. The molecule has 31 heavy (non-hydrogen) atoms. The Kier molecular flexibility index (Phi) is 5.32. The van der Waals surface area contributed by atoms with Gasteiger partial charge in [-0.25, -0.2) is 0 Å². The molecular weight excluding hydrogens is 396 g/mol. The highest BCUT2D eigenvalue weighted by molar-refractivity contribution is 6.05. The van der Waals surface area contributed by atoms with E-state index in [4.69, 9.17) is 10.5 Å². The Morgan fingerprint density at radius 2 is 2.06 bits per heavy atom. The van der Waals surface area contributed by atoms with Crippen LogP contribution in [-0.4, -0.2) is 54.0 Å². The van der Waals surface area contributed by atoms with E-state index in [1.807, 2.05) is 12.1 Å². The number of hydrogen-bond acceptors (Lipinski definition) is 6.